The van der Waals surface area contributed by atoms with Gasteiger partial charge in [0, 0.05) is 16.1 Å². The van der Waals surface area contributed by atoms with Crippen molar-refractivity contribution in [3.63, 3.8) is 0 Å². The molecule has 0 aliphatic heterocycles. The Kier molecular flexibility index (Phi) is 5.42. The highest BCUT2D eigenvalue weighted by Gasteiger charge is 2.17. The summed E-state index contributed by atoms with van der Waals surface area (Å²) in [5, 5.41) is 24.4. The second-order valence-corrected chi connectivity index (χ2v) is 5.49. The van der Waals surface area contributed by atoms with Crippen LogP contribution in [-0.4, -0.2) is 22.2 Å². The predicted octanol–water partition coefficient (Wildman–Crippen LogP) is 2.76. The molecule has 0 bridgehead atoms. The van der Waals surface area contributed by atoms with E-state index in [-0.39, 0.29) is 17.9 Å². The first-order valence-corrected chi connectivity index (χ1v) is 7.29. The quantitative estimate of drug-likeness (QED) is 0.474. The largest absolute Gasteiger partial charge is 0.502 e. The minimum Gasteiger partial charge on any atom is -0.502 e. The molecule has 1 amide bonds. The summed E-state index contributed by atoms with van der Waals surface area (Å²) in [6.07, 6.45) is 1.30. The topological polar surface area (TPSA) is 105 Å². The highest BCUT2D eigenvalue weighted by atomic mass is 79.9. The number of aromatic hydroxyl groups is 1. The van der Waals surface area contributed by atoms with Crippen LogP contribution in [0.15, 0.2) is 52.0 Å². The van der Waals surface area contributed by atoms with Gasteiger partial charge in [0.1, 0.15) is 0 Å². The molecule has 2 rings (SSSR count). The molecule has 0 spiro atoms. The van der Waals surface area contributed by atoms with Crippen molar-refractivity contribution in [1.82, 2.24) is 5.43 Å². The Morgan fingerprint density at radius 1 is 1.35 bits per heavy atom. The van der Waals surface area contributed by atoms with Gasteiger partial charge in [0.15, 0.2) is 0 Å². The molecule has 7 nitrogen and oxygen atoms in total. The van der Waals surface area contributed by atoms with E-state index in [2.05, 4.69) is 26.5 Å². The summed E-state index contributed by atoms with van der Waals surface area (Å²) in [5.41, 5.74) is 2.81. The highest BCUT2D eigenvalue weighted by molar-refractivity contribution is 9.10. The Morgan fingerprint density at radius 2 is 2.04 bits per heavy atom. The van der Waals surface area contributed by atoms with Gasteiger partial charge in [0.25, 0.3) is 0 Å². The number of hydrogen-bond acceptors (Lipinski definition) is 5. The Hall–Kier alpha value is -2.74. The zero-order valence-electron chi connectivity index (χ0n) is 11.8. The maximum absolute atomic E-state index is 11.7. The molecule has 8 heteroatoms. The van der Waals surface area contributed by atoms with Gasteiger partial charge in [-0.15, -0.1) is 0 Å². The average Bonchev–Trinajstić information content (AvgIpc) is 2.51. The summed E-state index contributed by atoms with van der Waals surface area (Å²) in [6, 6.07) is 11.8. The zero-order chi connectivity index (χ0) is 16.8. The molecule has 2 aromatic carbocycles. The molecule has 0 fully saturated rings. The lowest BCUT2D eigenvalue weighted by Gasteiger charge is -2.02. The smallest absolute Gasteiger partial charge is 0.312 e. The van der Waals surface area contributed by atoms with Gasteiger partial charge in [0.05, 0.1) is 17.6 Å². The van der Waals surface area contributed by atoms with Crippen molar-refractivity contribution in [2.24, 2.45) is 5.10 Å². The standard InChI is InChI=1S/C15H12BrN3O4/c16-12-7-11(15(21)13(8-12)19(22)23)9-17-18-14(20)6-10-4-2-1-3-5-10/h1-5,7-9,21H,6H2,(H,18,20). The third kappa shape index (κ3) is 4.62. The molecule has 0 saturated heterocycles. The number of carbonyl (C=O) groups excluding carboxylic acids is 1. The van der Waals surface area contributed by atoms with Crippen molar-refractivity contribution >= 4 is 33.7 Å². The van der Waals surface area contributed by atoms with Crippen LogP contribution in [-0.2, 0) is 11.2 Å². The monoisotopic (exact) mass is 377 g/mol. The summed E-state index contributed by atoms with van der Waals surface area (Å²) in [4.78, 5) is 21.8. The van der Waals surface area contributed by atoms with E-state index in [1.807, 2.05) is 30.3 Å². The number of halogens is 1. The van der Waals surface area contributed by atoms with Crippen LogP contribution in [0.2, 0.25) is 0 Å². The van der Waals surface area contributed by atoms with E-state index in [1.165, 1.54) is 12.1 Å². The van der Waals surface area contributed by atoms with Crippen LogP contribution >= 0.6 is 15.9 Å². The van der Waals surface area contributed by atoms with Crippen molar-refractivity contribution in [1.29, 1.82) is 0 Å². The fraction of sp³-hybridized carbons (Fsp3) is 0.0667. The minimum atomic E-state index is -0.703. The first-order chi connectivity index (χ1) is 11.0. The molecule has 2 aromatic rings. The van der Waals surface area contributed by atoms with E-state index in [9.17, 15) is 20.0 Å². The average molecular weight is 378 g/mol. The van der Waals surface area contributed by atoms with Gasteiger partial charge in [-0.25, -0.2) is 5.43 Å². The molecule has 0 unspecified atom stereocenters. The molecule has 0 radical (unpaired) electrons. The molecule has 0 aliphatic rings. The lowest BCUT2D eigenvalue weighted by Crippen LogP contribution is -2.19. The van der Waals surface area contributed by atoms with E-state index in [1.54, 1.807) is 0 Å². The number of carbonyl (C=O) groups is 1. The highest BCUT2D eigenvalue weighted by Crippen LogP contribution is 2.32. The number of nitro groups is 1. The van der Waals surface area contributed by atoms with E-state index in [0.29, 0.717) is 4.47 Å². The summed E-state index contributed by atoms with van der Waals surface area (Å²) < 4.78 is 0.416. The number of rotatable bonds is 5. The molecule has 0 aliphatic carbocycles. The predicted molar refractivity (Wildman–Crippen MR) is 88.3 cm³/mol. The van der Waals surface area contributed by atoms with E-state index < -0.39 is 16.4 Å². The number of phenolic OH excluding ortho intramolecular Hbond substituents is 1. The molecule has 118 valence electrons. The number of nitrogens with zero attached hydrogens (tertiary/aromatic N) is 2. The molecule has 2 N–H and O–H groups in total. The van der Waals surface area contributed by atoms with E-state index in [4.69, 9.17) is 0 Å². The summed E-state index contributed by atoms with van der Waals surface area (Å²) in [5.74, 6) is -0.851. The van der Waals surface area contributed by atoms with Crippen LogP contribution in [0, 0.1) is 10.1 Å². The first-order valence-electron chi connectivity index (χ1n) is 6.50. The van der Waals surface area contributed by atoms with E-state index in [0.717, 1.165) is 11.8 Å². The molecule has 0 heterocycles. The maximum Gasteiger partial charge on any atom is 0.312 e. The Morgan fingerprint density at radius 3 is 2.70 bits per heavy atom. The van der Waals surface area contributed by atoms with Gasteiger partial charge >= 0.3 is 5.69 Å². The van der Waals surface area contributed by atoms with Crippen LogP contribution < -0.4 is 5.43 Å². The number of nitrogens with one attached hydrogen (secondary N) is 1. The van der Waals surface area contributed by atoms with Crippen LogP contribution in [0.4, 0.5) is 5.69 Å². The molecule has 0 aromatic heterocycles. The molecular weight excluding hydrogens is 366 g/mol. The SMILES string of the molecule is O=C(Cc1ccccc1)NN=Cc1cc(Br)cc([N+](=O)[O-])c1O. The van der Waals surface area contributed by atoms with Gasteiger partial charge in [-0.2, -0.15) is 5.10 Å². The van der Waals surface area contributed by atoms with Gasteiger partial charge in [0.2, 0.25) is 11.7 Å². The number of amides is 1. The van der Waals surface area contributed by atoms with Crippen molar-refractivity contribution < 1.29 is 14.8 Å². The van der Waals surface area contributed by atoms with Gasteiger partial charge in [-0.3, -0.25) is 14.9 Å². The van der Waals surface area contributed by atoms with Gasteiger partial charge < -0.3 is 5.11 Å². The van der Waals surface area contributed by atoms with E-state index >= 15 is 0 Å². The van der Waals surface area contributed by atoms with Gasteiger partial charge in [-0.1, -0.05) is 46.3 Å². The number of hydrazone groups is 1. The third-order valence-corrected chi connectivity index (χ3v) is 3.34. The second kappa shape index (κ2) is 7.50. The van der Waals surface area contributed by atoms with Crippen LogP contribution in [0.5, 0.6) is 5.75 Å². The number of phenols is 1. The van der Waals surface area contributed by atoms with Crippen LogP contribution in [0.25, 0.3) is 0 Å². The van der Waals surface area contributed by atoms with Crippen molar-refractivity contribution in [3.8, 4) is 5.75 Å². The Labute approximate surface area is 139 Å². The maximum atomic E-state index is 11.7. The molecular formula is C15H12BrN3O4. The normalized spacial score (nSPS) is 10.7. The first kappa shape index (κ1) is 16.6. The van der Waals surface area contributed by atoms with Crippen molar-refractivity contribution in [2.45, 2.75) is 6.42 Å². The minimum absolute atomic E-state index is 0.117. The number of nitro benzene ring substituents is 1. The van der Waals surface area contributed by atoms with Crippen LogP contribution in [0.3, 0.4) is 0 Å². The lowest BCUT2D eigenvalue weighted by atomic mass is 10.1. The van der Waals surface area contributed by atoms with Crippen molar-refractivity contribution in [2.75, 3.05) is 0 Å². The zero-order valence-corrected chi connectivity index (χ0v) is 13.4. The number of hydrogen-bond donors (Lipinski definition) is 2. The Balaban J connectivity index is 2.06. The summed E-state index contributed by atoms with van der Waals surface area (Å²) in [7, 11) is 0. The van der Waals surface area contributed by atoms with Gasteiger partial charge in [-0.05, 0) is 11.6 Å². The Bertz CT molecular complexity index is 763. The summed E-state index contributed by atoms with van der Waals surface area (Å²) >= 11 is 3.12. The number of benzene rings is 2. The second-order valence-electron chi connectivity index (χ2n) is 4.58. The molecule has 0 saturated carbocycles. The fourth-order valence-electron chi connectivity index (χ4n) is 1.84. The lowest BCUT2D eigenvalue weighted by molar-refractivity contribution is -0.385. The molecule has 0 atom stereocenters. The van der Waals surface area contributed by atoms with Crippen LogP contribution in [0.1, 0.15) is 11.1 Å². The van der Waals surface area contributed by atoms with Crippen molar-refractivity contribution in [3.05, 3.63) is 68.2 Å². The molecule has 23 heavy (non-hydrogen) atoms. The summed E-state index contributed by atoms with van der Waals surface area (Å²) in [6.45, 7) is 0. The fourth-order valence-corrected chi connectivity index (χ4v) is 2.30. The third-order valence-electron chi connectivity index (χ3n) is 2.88.